The molecular weight excluding hydrogens is 357 g/mol. The number of primary sulfonamides is 1. The number of sulfonamides is 2. The van der Waals surface area contributed by atoms with E-state index >= 15 is 0 Å². The van der Waals surface area contributed by atoms with Crippen LogP contribution in [0.2, 0.25) is 0 Å². The molecule has 1 aromatic rings. The molecule has 130 valence electrons. The highest BCUT2D eigenvalue weighted by atomic mass is 32.2. The van der Waals surface area contributed by atoms with E-state index in [2.05, 4.69) is 0 Å². The summed E-state index contributed by atoms with van der Waals surface area (Å²) in [5.41, 5.74) is 0. The Labute approximate surface area is 132 Å². The maximum atomic E-state index is 13.1. The number of nitrogens with zero attached hydrogens (tertiary/aromatic N) is 1. The molecule has 1 fully saturated rings. The number of halogens is 3. The van der Waals surface area contributed by atoms with Gasteiger partial charge >= 0.3 is 6.18 Å². The molecule has 0 bridgehead atoms. The third kappa shape index (κ3) is 3.84. The van der Waals surface area contributed by atoms with Crippen molar-refractivity contribution in [1.29, 1.82) is 0 Å². The molecule has 1 aromatic carbocycles. The molecule has 0 amide bonds. The number of alkyl halides is 3. The maximum Gasteiger partial charge on any atom is 0.405 e. The molecule has 0 saturated carbocycles. The van der Waals surface area contributed by atoms with Gasteiger partial charge in [0.1, 0.15) is 6.04 Å². The number of hydrogen-bond donors (Lipinski definition) is 1. The lowest BCUT2D eigenvalue weighted by Crippen LogP contribution is -2.51. The standard InChI is InChI=1S/C12H15F3N2O4S2/c13-12(14,15)11-3-1-2-8-17(11)23(20,21)10-6-4-9(5-7-10)22(16,18)19/h4-7,11H,1-3,8H2,(H2,16,18,19). The Hall–Kier alpha value is -1.17. The maximum absolute atomic E-state index is 13.1. The predicted octanol–water partition coefficient (Wildman–Crippen LogP) is 1.44. The van der Waals surface area contributed by atoms with Crippen molar-refractivity contribution in [2.24, 2.45) is 5.14 Å². The number of benzene rings is 1. The molecular formula is C12H15F3N2O4S2. The van der Waals surface area contributed by atoms with Gasteiger partial charge in [-0.05, 0) is 37.1 Å². The van der Waals surface area contributed by atoms with Crippen LogP contribution in [-0.4, -0.2) is 39.9 Å². The minimum Gasteiger partial charge on any atom is -0.225 e. The second kappa shape index (κ2) is 6.04. The van der Waals surface area contributed by atoms with Gasteiger partial charge in [0.25, 0.3) is 0 Å². The van der Waals surface area contributed by atoms with E-state index in [0.29, 0.717) is 17.1 Å². The second-order valence-electron chi connectivity index (χ2n) is 5.19. The Bertz CT molecular complexity index is 774. The molecule has 6 nitrogen and oxygen atoms in total. The van der Waals surface area contributed by atoms with Crippen LogP contribution < -0.4 is 5.14 Å². The van der Waals surface area contributed by atoms with E-state index in [0.717, 1.165) is 24.3 Å². The van der Waals surface area contributed by atoms with Crippen molar-refractivity contribution in [2.45, 2.75) is 41.3 Å². The van der Waals surface area contributed by atoms with E-state index in [4.69, 9.17) is 5.14 Å². The molecule has 1 aliphatic rings. The molecule has 2 rings (SSSR count). The van der Waals surface area contributed by atoms with Crippen LogP contribution in [0.5, 0.6) is 0 Å². The molecule has 1 unspecified atom stereocenters. The largest absolute Gasteiger partial charge is 0.405 e. The summed E-state index contributed by atoms with van der Waals surface area (Å²) in [5, 5.41) is 4.90. The van der Waals surface area contributed by atoms with Gasteiger partial charge in [-0.2, -0.15) is 17.5 Å². The number of hydrogen-bond acceptors (Lipinski definition) is 4. The normalized spacial score (nSPS) is 21.3. The summed E-state index contributed by atoms with van der Waals surface area (Å²) < 4.78 is 86.8. The lowest BCUT2D eigenvalue weighted by Gasteiger charge is -2.35. The molecule has 23 heavy (non-hydrogen) atoms. The predicted molar refractivity (Wildman–Crippen MR) is 75.4 cm³/mol. The minimum absolute atomic E-state index is 0.233. The smallest absolute Gasteiger partial charge is 0.225 e. The van der Waals surface area contributed by atoms with Crippen molar-refractivity contribution in [3.05, 3.63) is 24.3 Å². The van der Waals surface area contributed by atoms with Gasteiger partial charge in [-0.25, -0.2) is 22.0 Å². The average Bonchev–Trinajstić information content (AvgIpc) is 2.45. The van der Waals surface area contributed by atoms with Crippen molar-refractivity contribution >= 4 is 20.0 Å². The molecule has 0 aromatic heterocycles. The van der Waals surface area contributed by atoms with Gasteiger partial charge in [-0.1, -0.05) is 6.42 Å². The Morgan fingerprint density at radius 1 is 1.00 bits per heavy atom. The molecule has 0 spiro atoms. The topological polar surface area (TPSA) is 97.5 Å². The summed E-state index contributed by atoms with van der Waals surface area (Å²) in [4.78, 5) is -0.719. The zero-order valence-corrected chi connectivity index (χ0v) is 13.5. The van der Waals surface area contributed by atoms with E-state index in [-0.39, 0.29) is 17.9 Å². The summed E-state index contributed by atoms with van der Waals surface area (Å²) >= 11 is 0. The Balaban J connectivity index is 2.40. The first-order valence-electron chi connectivity index (χ1n) is 6.65. The van der Waals surface area contributed by atoms with E-state index in [1.54, 1.807) is 0 Å². The van der Waals surface area contributed by atoms with E-state index in [1.165, 1.54) is 0 Å². The summed E-state index contributed by atoms with van der Waals surface area (Å²) in [6.45, 7) is -0.233. The van der Waals surface area contributed by atoms with Crippen LogP contribution in [0.4, 0.5) is 13.2 Å². The van der Waals surface area contributed by atoms with Gasteiger partial charge in [0, 0.05) is 6.54 Å². The van der Waals surface area contributed by atoms with Gasteiger partial charge in [-0.15, -0.1) is 0 Å². The first-order valence-corrected chi connectivity index (χ1v) is 9.64. The quantitative estimate of drug-likeness (QED) is 0.868. The zero-order chi connectivity index (χ0) is 17.5. The van der Waals surface area contributed by atoms with Gasteiger partial charge in [0.2, 0.25) is 20.0 Å². The van der Waals surface area contributed by atoms with Crippen molar-refractivity contribution in [2.75, 3.05) is 6.54 Å². The van der Waals surface area contributed by atoms with Crippen LogP contribution in [0, 0.1) is 0 Å². The van der Waals surface area contributed by atoms with E-state index in [9.17, 15) is 30.0 Å². The van der Waals surface area contributed by atoms with Gasteiger partial charge in [-0.3, -0.25) is 0 Å². The van der Waals surface area contributed by atoms with Gasteiger partial charge in [0.05, 0.1) is 9.79 Å². The van der Waals surface area contributed by atoms with E-state index in [1.807, 2.05) is 0 Å². The van der Waals surface area contributed by atoms with Crippen LogP contribution >= 0.6 is 0 Å². The van der Waals surface area contributed by atoms with Crippen LogP contribution in [-0.2, 0) is 20.0 Å². The molecule has 1 atom stereocenters. The summed E-state index contributed by atoms with van der Waals surface area (Å²) in [7, 11) is -8.39. The summed E-state index contributed by atoms with van der Waals surface area (Å²) in [6, 6.07) is 1.72. The first kappa shape index (κ1) is 18.2. The van der Waals surface area contributed by atoms with Gasteiger partial charge in [0.15, 0.2) is 0 Å². The molecule has 0 aliphatic carbocycles. The highest BCUT2D eigenvalue weighted by Gasteiger charge is 2.49. The monoisotopic (exact) mass is 372 g/mol. The van der Waals surface area contributed by atoms with Crippen LogP contribution in [0.15, 0.2) is 34.1 Å². The van der Waals surface area contributed by atoms with E-state index < -0.39 is 37.2 Å². The highest BCUT2D eigenvalue weighted by Crippen LogP contribution is 2.35. The summed E-state index contributed by atoms with van der Waals surface area (Å²) in [6.07, 6.45) is -4.33. The molecule has 1 aliphatic heterocycles. The zero-order valence-electron chi connectivity index (χ0n) is 11.8. The van der Waals surface area contributed by atoms with Crippen molar-refractivity contribution in [1.82, 2.24) is 4.31 Å². The lowest BCUT2D eigenvalue weighted by molar-refractivity contribution is -0.177. The SMILES string of the molecule is NS(=O)(=O)c1ccc(S(=O)(=O)N2CCCCC2C(F)(F)F)cc1. The minimum atomic E-state index is -4.66. The average molecular weight is 372 g/mol. The lowest BCUT2D eigenvalue weighted by atomic mass is 10.1. The third-order valence-corrected chi connectivity index (χ3v) is 6.44. The number of nitrogens with two attached hydrogens (primary N) is 1. The first-order chi connectivity index (χ1) is 10.4. The molecule has 1 saturated heterocycles. The summed E-state index contributed by atoms with van der Waals surface area (Å²) in [5.74, 6) is 0. The Morgan fingerprint density at radius 2 is 1.52 bits per heavy atom. The van der Waals surface area contributed by atoms with Crippen LogP contribution in [0.25, 0.3) is 0 Å². The van der Waals surface area contributed by atoms with Crippen molar-refractivity contribution in [3.63, 3.8) is 0 Å². The second-order valence-corrected chi connectivity index (χ2v) is 8.64. The highest BCUT2D eigenvalue weighted by molar-refractivity contribution is 7.89. The number of piperidine rings is 1. The Morgan fingerprint density at radius 3 is 2.00 bits per heavy atom. The molecule has 0 radical (unpaired) electrons. The van der Waals surface area contributed by atoms with Crippen molar-refractivity contribution < 1.29 is 30.0 Å². The fourth-order valence-electron chi connectivity index (χ4n) is 2.46. The Kier molecular flexibility index (Phi) is 4.77. The fraction of sp³-hybridized carbons (Fsp3) is 0.500. The molecule has 2 N–H and O–H groups in total. The van der Waals surface area contributed by atoms with Gasteiger partial charge < -0.3 is 0 Å². The fourth-order valence-corrected chi connectivity index (χ4v) is 4.65. The molecule has 1 heterocycles. The number of rotatable bonds is 3. The third-order valence-electron chi connectivity index (χ3n) is 3.59. The van der Waals surface area contributed by atoms with Crippen LogP contribution in [0.1, 0.15) is 19.3 Å². The van der Waals surface area contributed by atoms with Crippen LogP contribution in [0.3, 0.4) is 0 Å². The molecule has 11 heteroatoms. The van der Waals surface area contributed by atoms with Crippen molar-refractivity contribution in [3.8, 4) is 0 Å².